The van der Waals surface area contributed by atoms with Crippen molar-refractivity contribution < 1.29 is 35.3 Å². The van der Waals surface area contributed by atoms with Crippen molar-refractivity contribution in [3.63, 3.8) is 0 Å². The first kappa shape index (κ1) is 24.1. The van der Waals surface area contributed by atoms with Crippen LogP contribution in [0.1, 0.15) is 20.8 Å². The number of hydrogen-bond acceptors (Lipinski definition) is 8. The highest BCUT2D eigenvalue weighted by Crippen LogP contribution is 2.34. The molecule has 1 aliphatic rings. The Bertz CT molecular complexity index is 1130. The lowest BCUT2D eigenvalue weighted by Gasteiger charge is -2.37. The summed E-state index contributed by atoms with van der Waals surface area (Å²) in [6, 6.07) is 2.24. The molecule has 2 aromatic rings. The number of ether oxygens (including phenoxy) is 1. The van der Waals surface area contributed by atoms with Gasteiger partial charge in [-0.05, 0) is 26.8 Å². The highest BCUT2D eigenvalue weighted by Gasteiger charge is 2.48. The summed E-state index contributed by atoms with van der Waals surface area (Å²) >= 11 is 6.45. The van der Waals surface area contributed by atoms with Gasteiger partial charge in [-0.15, -0.1) is 0 Å². The number of carbonyl (C=O) groups is 1. The van der Waals surface area contributed by atoms with E-state index in [9.17, 15) is 26.4 Å². The van der Waals surface area contributed by atoms with Crippen LogP contribution >= 0.6 is 11.6 Å². The predicted molar refractivity (Wildman–Crippen MR) is 110 cm³/mol. The van der Waals surface area contributed by atoms with Crippen molar-refractivity contribution in [3.05, 3.63) is 23.4 Å². The number of pyridine rings is 2. The Labute approximate surface area is 187 Å². The van der Waals surface area contributed by atoms with Crippen molar-refractivity contribution in [2.45, 2.75) is 31.9 Å². The average molecular weight is 497 g/mol. The third-order valence-corrected chi connectivity index (χ3v) is 5.73. The molecule has 2 aromatic heterocycles. The molecular formula is C18H20ClF3N4O5S. The molecule has 1 amide bonds. The van der Waals surface area contributed by atoms with Crippen molar-refractivity contribution in [2.75, 3.05) is 31.1 Å². The maximum absolute atomic E-state index is 12.5. The number of piperazine rings is 1. The number of anilines is 1. The van der Waals surface area contributed by atoms with Gasteiger partial charge >= 0.3 is 21.7 Å². The first-order chi connectivity index (χ1) is 14.7. The number of rotatable bonds is 3. The van der Waals surface area contributed by atoms with Gasteiger partial charge in [0.25, 0.3) is 0 Å². The van der Waals surface area contributed by atoms with Gasteiger partial charge in [-0.1, -0.05) is 11.6 Å². The first-order valence-electron chi connectivity index (χ1n) is 9.37. The number of amides is 1. The number of aromatic nitrogens is 2. The summed E-state index contributed by atoms with van der Waals surface area (Å²) in [5, 5.41) is 0.536. The second kappa shape index (κ2) is 8.43. The molecule has 0 aliphatic carbocycles. The molecule has 0 unspecified atom stereocenters. The van der Waals surface area contributed by atoms with Crippen LogP contribution in [0.15, 0.2) is 18.3 Å². The SMILES string of the molecule is CC(C)(C)OC(=O)N1CCN(c2cnc3nc(OS(=O)(=O)C(F)(F)F)ccc3c2Cl)CC1. The lowest BCUT2D eigenvalue weighted by molar-refractivity contribution is -0.0501. The van der Waals surface area contributed by atoms with Gasteiger partial charge in [-0.2, -0.15) is 26.6 Å². The molecule has 0 N–H and O–H groups in total. The van der Waals surface area contributed by atoms with Gasteiger partial charge < -0.3 is 18.7 Å². The molecule has 14 heteroatoms. The van der Waals surface area contributed by atoms with Crippen LogP contribution in [-0.2, 0) is 14.9 Å². The zero-order valence-corrected chi connectivity index (χ0v) is 18.9. The summed E-state index contributed by atoms with van der Waals surface area (Å²) in [5.41, 5.74) is -5.73. The fraction of sp³-hybridized carbons (Fsp3) is 0.500. The molecule has 9 nitrogen and oxygen atoms in total. The van der Waals surface area contributed by atoms with Gasteiger partial charge in [0.2, 0.25) is 5.88 Å². The normalized spacial score (nSPS) is 15.7. The molecule has 0 bridgehead atoms. The molecule has 3 heterocycles. The van der Waals surface area contributed by atoms with Crippen LogP contribution in [-0.4, -0.2) is 66.7 Å². The Morgan fingerprint density at radius 2 is 1.75 bits per heavy atom. The van der Waals surface area contributed by atoms with Crippen LogP contribution in [0.2, 0.25) is 5.02 Å². The van der Waals surface area contributed by atoms with E-state index in [4.69, 9.17) is 16.3 Å². The maximum Gasteiger partial charge on any atom is 0.534 e. The molecule has 1 aliphatic heterocycles. The van der Waals surface area contributed by atoms with Crippen molar-refractivity contribution in [1.82, 2.24) is 14.9 Å². The highest BCUT2D eigenvalue weighted by atomic mass is 35.5. The van der Waals surface area contributed by atoms with Gasteiger partial charge in [-0.3, -0.25) is 0 Å². The Kier molecular flexibility index (Phi) is 6.35. The lowest BCUT2D eigenvalue weighted by atomic mass is 10.2. The largest absolute Gasteiger partial charge is 0.534 e. The molecule has 0 saturated carbocycles. The van der Waals surface area contributed by atoms with Crippen molar-refractivity contribution in [2.24, 2.45) is 0 Å². The molecule has 32 heavy (non-hydrogen) atoms. The number of carbonyl (C=O) groups excluding carboxylic acids is 1. The molecule has 1 saturated heterocycles. The van der Waals surface area contributed by atoms with Crippen LogP contribution in [0.3, 0.4) is 0 Å². The molecule has 3 rings (SSSR count). The number of alkyl halides is 3. The summed E-state index contributed by atoms with van der Waals surface area (Å²) in [7, 11) is -5.85. The van der Waals surface area contributed by atoms with E-state index in [0.717, 1.165) is 6.07 Å². The van der Waals surface area contributed by atoms with Crippen molar-refractivity contribution in [3.8, 4) is 5.88 Å². The maximum atomic E-state index is 12.5. The Morgan fingerprint density at radius 1 is 1.12 bits per heavy atom. The third-order valence-electron chi connectivity index (χ3n) is 4.37. The molecule has 0 spiro atoms. The number of hydrogen-bond donors (Lipinski definition) is 0. The summed E-state index contributed by atoms with van der Waals surface area (Å²) in [5.74, 6) is -0.780. The van der Waals surface area contributed by atoms with E-state index in [0.29, 0.717) is 37.3 Å². The highest BCUT2D eigenvalue weighted by molar-refractivity contribution is 7.87. The standard InChI is InChI=1S/C18H20ClF3N4O5S/c1-17(2,3)30-16(27)26-8-6-25(7-9-26)12-10-23-15-11(14(12)19)4-5-13(24-15)31-32(28,29)18(20,21)22/h4-5,10H,6-9H2,1-3H3. The Hall–Kier alpha value is -2.54. The van der Waals surface area contributed by atoms with Crippen LogP contribution in [0.5, 0.6) is 5.88 Å². The molecule has 0 radical (unpaired) electrons. The zero-order chi connectivity index (χ0) is 23.9. The van der Waals surface area contributed by atoms with E-state index < -0.39 is 33.2 Å². The molecule has 176 valence electrons. The zero-order valence-electron chi connectivity index (χ0n) is 17.3. The van der Waals surface area contributed by atoms with Gasteiger partial charge in [0.1, 0.15) is 5.60 Å². The quantitative estimate of drug-likeness (QED) is 0.469. The molecular weight excluding hydrogens is 477 g/mol. The van der Waals surface area contributed by atoms with Gasteiger partial charge in [-0.25, -0.2) is 9.78 Å². The summed E-state index contributed by atoms with van der Waals surface area (Å²) < 4.78 is 69.2. The van der Waals surface area contributed by atoms with Crippen molar-refractivity contribution in [1.29, 1.82) is 0 Å². The van der Waals surface area contributed by atoms with E-state index in [-0.39, 0.29) is 10.7 Å². The molecule has 1 fully saturated rings. The number of fused-ring (bicyclic) bond motifs is 1. The van der Waals surface area contributed by atoms with Crippen LogP contribution < -0.4 is 9.08 Å². The first-order valence-corrected chi connectivity index (χ1v) is 11.2. The smallest absolute Gasteiger partial charge is 0.444 e. The minimum Gasteiger partial charge on any atom is -0.444 e. The van der Waals surface area contributed by atoms with Gasteiger partial charge in [0, 0.05) is 37.6 Å². The summed E-state index contributed by atoms with van der Waals surface area (Å²) in [4.78, 5) is 23.5. The molecule has 0 aromatic carbocycles. The second-order valence-corrected chi connectivity index (χ2v) is 9.83. The van der Waals surface area contributed by atoms with E-state index in [1.54, 1.807) is 25.7 Å². The minimum atomic E-state index is -5.85. The van der Waals surface area contributed by atoms with E-state index in [2.05, 4.69) is 14.2 Å². The number of halogens is 4. The van der Waals surface area contributed by atoms with E-state index >= 15 is 0 Å². The van der Waals surface area contributed by atoms with E-state index in [1.165, 1.54) is 12.3 Å². The van der Waals surface area contributed by atoms with Gasteiger partial charge in [0.15, 0.2) is 5.65 Å². The fourth-order valence-corrected chi connectivity index (χ4v) is 3.63. The monoisotopic (exact) mass is 496 g/mol. The summed E-state index contributed by atoms with van der Waals surface area (Å²) in [6.07, 6.45) is 0.966. The van der Waals surface area contributed by atoms with E-state index in [1.807, 2.05) is 4.90 Å². The summed E-state index contributed by atoms with van der Waals surface area (Å²) in [6.45, 7) is 7.03. The van der Waals surface area contributed by atoms with Crippen LogP contribution in [0.4, 0.5) is 23.7 Å². The minimum absolute atomic E-state index is 0.0824. The third kappa shape index (κ3) is 5.26. The Balaban J connectivity index is 1.76. The molecule has 0 atom stereocenters. The number of nitrogens with zero attached hydrogens (tertiary/aromatic N) is 4. The van der Waals surface area contributed by atoms with Crippen molar-refractivity contribution >= 4 is 44.5 Å². The van der Waals surface area contributed by atoms with Crippen LogP contribution in [0.25, 0.3) is 11.0 Å². The fourth-order valence-electron chi connectivity index (χ4n) is 2.90. The lowest BCUT2D eigenvalue weighted by Crippen LogP contribution is -2.50. The topological polar surface area (TPSA) is 102 Å². The van der Waals surface area contributed by atoms with Gasteiger partial charge in [0.05, 0.1) is 16.9 Å². The van der Waals surface area contributed by atoms with Crippen LogP contribution in [0, 0.1) is 0 Å². The second-order valence-electron chi connectivity index (χ2n) is 7.92. The predicted octanol–water partition coefficient (Wildman–Crippen LogP) is 3.57. The average Bonchev–Trinajstić information content (AvgIpc) is 2.66. The Morgan fingerprint density at radius 3 is 2.31 bits per heavy atom.